The number of carbonyl (C=O) groups is 3. The number of hydroxylamine groups is 1. The number of rotatable bonds is 3. The number of hydrogen-bond donors (Lipinski definition) is 5. The van der Waals surface area contributed by atoms with E-state index >= 15 is 0 Å². The van der Waals surface area contributed by atoms with Crippen LogP contribution in [0.15, 0.2) is 30.3 Å². The predicted octanol–water partition coefficient (Wildman–Crippen LogP) is 3.66. The molecule has 190 valence electrons. The topological polar surface area (TPSA) is 131 Å². The number of amides is 3. The third-order valence-electron chi connectivity index (χ3n) is 7.11. The molecule has 3 aliphatic rings. The molecular weight excluding hydrogens is 554 g/mol. The van der Waals surface area contributed by atoms with Crippen LogP contribution in [-0.2, 0) is 19.9 Å². The monoisotopic (exact) mass is 572 g/mol. The molecule has 3 heterocycles. The number of nitrogens with one attached hydrogen (secondary N) is 3. The molecular formula is C23H20Cl4N4O5. The summed E-state index contributed by atoms with van der Waals surface area (Å²) in [5.74, 6) is -4.79. The molecule has 13 heteroatoms. The van der Waals surface area contributed by atoms with Crippen molar-refractivity contribution in [3.8, 4) is 0 Å². The van der Waals surface area contributed by atoms with Gasteiger partial charge in [-0.05, 0) is 43.7 Å². The highest BCUT2D eigenvalue weighted by molar-refractivity contribution is 6.38. The lowest BCUT2D eigenvalue weighted by Gasteiger charge is -2.37. The molecule has 3 aliphatic heterocycles. The van der Waals surface area contributed by atoms with Gasteiger partial charge in [0.05, 0.1) is 28.1 Å². The third-order valence-corrected chi connectivity index (χ3v) is 8.07. The molecule has 0 unspecified atom stereocenters. The SMILES string of the molecule is C[C@]1(O)C[C@@H]2[C@H](C(=O)Nc3cc(Cl)cc(Cl)c3)[C@H](C(=O)NO)[C@@]3(C(=O)Nc4c(Cl)cc(Cl)cc43)N2C1. The van der Waals surface area contributed by atoms with Gasteiger partial charge in [0.15, 0.2) is 0 Å². The minimum atomic E-state index is -1.78. The maximum Gasteiger partial charge on any atom is 0.250 e. The van der Waals surface area contributed by atoms with E-state index in [1.807, 2.05) is 0 Å². The Kier molecular flexibility index (Phi) is 6.19. The number of anilines is 2. The van der Waals surface area contributed by atoms with Crippen molar-refractivity contribution in [1.82, 2.24) is 10.4 Å². The summed E-state index contributed by atoms with van der Waals surface area (Å²) >= 11 is 24.8. The Morgan fingerprint density at radius 1 is 1.06 bits per heavy atom. The van der Waals surface area contributed by atoms with E-state index in [2.05, 4.69) is 10.6 Å². The van der Waals surface area contributed by atoms with Crippen LogP contribution in [0.1, 0.15) is 18.9 Å². The summed E-state index contributed by atoms with van der Waals surface area (Å²) in [7, 11) is 0. The van der Waals surface area contributed by atoms with E-state index in [0.29, 0.717) is 0 Å². The van der Waals surface area contributed by atoms with E-state index in [1.165, 1.54) is 30.3 Å². The van der Waals surface area contributed by atoms with Crippen LogP contribution < -0.4 is 16.1 Å². The molecule has 0 aliphatic carbocycles. The molecule has 5 N–H and O–H groups in total. The lowest BCUT2D eigenvalue weighted by atomic mass is 9.72. The number of aliphatic hydroxyl groups is 1. The standard InChI is InChI=1S/C23H20Cl4N4O5/c1-22(35)7-15-16(19(32)28-12-3-9(24)2-10(25)4-12)17(20(33)30-36)23(31(15)8-22)13-5-11(26)6-14(27)18(13)29-21(23)34/h2-6,15-17,35-36H,7-8H2,1H3,(H,28,32)(H,29,34)(H,30,33)/t15-,16+,17-,22+,23+/m1/s1. The van der Waals surface area contributed by atoms with Crippen LogP contribution >= 0.6 is 46.4 Å². The molecule has 2 aromatic rings. The van der Waals surface area contributed by atoms with Gasteiger partial charge in [-0.2, -0.15) is 0 Å². The van der Waals surface area contributed by atoms with Gasteiger partial charge in [-0.1, -0.05) is 46.4 Å². The van der Waals surface area contributed by atoms with Gasteiger partial charge in [0.25, 0.3) is 5.91 Å². The van der Waals surface area contributed by atoms with E-state index in [9.17, 15) is 24.7 Å². The van der Waals surface area contributed by atoms with Gasteiger partial charge in [-0.25, -0.2) is 5.48 Å². The minimum Gasteiger partial charge on any atom is -0.389 e. The molecule has 2 fully saturated rings. The second kappa shape index (κ2) is 8.73. The summed E-state index contributed by atoms with van der Waals surface area (Å²) in [5, 5.41) is 27.0. The Labute approximate surface area is 225 Å². The quantitative estimate of drug-likeness (QED) is 0.281. The van der Waals surface area contributed by atoms with Crippen LogP contribution in [0.2, 0.25) is 20.1 Å². The Morgan fingerprint density at radius 2 is 1.69 bits per heavy atom. The minimum absolute atomic E-state index is 0.0311. The van der Waals surface area contributed by atoms with Gasteiger partial charge in [-0.3, -0.25) is 24.5 Å². The van der Waals surface area contributed by atoms with E-state index in [4.69, 9.17) is 46.4 Å². The van der Waals surface area contributed by atoms with Crippen LogP contribution in [0.3, 0.4) is 0 Å². The number of hydrogen-bond acceptors (Lipinski definition) is 6. The van der Waals surface area contributed by atoms with Crippen molar-refractivity contribution in [3.63, 3.8) is 0 Å². The summed E-state index contributed by atoms with van der Waals surface area (Å²) in [6, 6.07) is 6.65. The van der Waals surface area contributed by atoms with E-state index < -0.39 is 46.7 Å². The molecule has 5 atom stereocenters. The third kappa shape index (κ3) is 3.77. The fourth-order valence-electron chi connectivity index (χ4n) is 6.00. The normalized spacial score (nSPS) is 30.8. The first kappa shape index (κ1) is 25.5. The van der Waals surface area contributed by atoms with E-state index in [0.717, 1.165) is 0 Å². The molecule has 3 amide bonds. The fraction of sp³-hybridized carbons (Fsp3) is 0.348. The summed E-state index contributed by atoms with van der Waals surface area (Å²) in [4.78, 5) is 42.4. The van der Waals surface area contributed by atoms with E-state index in [-0.39, 0.29) is 50.0 Å². The molecule has 2 aromatic carbocycles. The maximum atomic E-state index is 13.8. The maximum absolute atomic E-state index is 13.8. The number of nitrogens with zero attached hydrogens (tertiary/aromatic N) is 1. The average Bonchev–Trinajstić information content (AvgIpc) is 3.33. The lowest BCUT2D eigenvalue weighted by Crippen LogP contribution is -2.56. The molecule has 0 aromatic heterocycles. The van der Waals surface area contributed by atoms with Crippen molar-refractivity contribution in [2.45, 2.75) is 30.5 Å². The van der Waals surface area contributed by atoms with Crippen molar-refractivity contribution >= 4 is 75.5 Å². The van der Waals surface area contributed by atoms with Crippen LogP contribution in [0, 0.1) is 11.8 Å². The van der Waals surface area contributed by atoms with Gasteiger partial charge in [0.1, 0.15) is 5.54 Å². The molecule has 36 heavy (non-hydrogen) atoms. The van der Waals surface area contributed by atoms with Gasteiger partial charge >= 0.3 is 0 Å². The van der Waals surface area contributed by atoms with E-state index in [1.54, 1.807) is 17.3 Å². The lowest BCUT2D eigenvalue weighted by molar-refractivity contribution is -0.146. The average molecular weight is 574 g/mol. The Bertz CT molecular complexity index is 1300. The van der Waals surface area contributed by atoms with Gasteiger partial charge in [0.2, 0.25) is 11.8 Å². The zero-order valence-electron chi connectivity index (χ0n) is 18.6. The highest BCUT2D eigenvalue weighted by atomic mass is 35.5. The highest BCUT2D eigenvalue weighted by Crippen LogP contribution is 2.60. The van der Waals surface area contributed by atoms with Crippen LogP contribution in [0.5, 0.6) is 0 Å². The van der Waals surface area contributed by atoms with Crippen molar-refractivity contribution < 1.29 is 24.7 Å². The summed E-state index contributed by atoms with van der Waals surface area (Å²) < 4.78 is 0. The fourth-order valence-corrected chi connectivity index (χ4v) is 7.07. The molecule has 1 spiro atoms. The van der Waals surface area contributed by atoms with Crippen LogP contribution in [-0.4, -0.2) is 51.1 Å². The first-order valence-corrected chi connectivity index (χ1v) is 12.4. The molecule has 0 radical (unpaired) electrons. The second-order valence-electron chi connectivity index (χ2n) is 9.55. The summed E-state index contributed by atoms with van der Waals surface area (Å²) in [5.41, 5.74) is -0.636. The zero-order chi connectivity index (χ0) is 26.2. The van der Waals surface area contributed by atoms with Crippen molar-refractivity contribution in [1.29, 1.82) is 0 Å². The first-order chi connectivity index (χ1) is 16.9. The molecule has 5 rings (SSSR count). The summed E-state index contributed by atoms with van der Waals surface area (Å²) in [6.45, 7) is 1.56. The number of benzene rings is 2. The van der Waals surface area contributed by atoms with Gasteiger partial charge in [-0.15, -0.1) is 0 Å². The molecule has 9 nitrogen and oxygen atoms in total. The van der Waals surface area contributed by atoms with Crippen LogP contribution in [0.4, 0.5) is 11.4 Å². The van der Waals surface area contributed by atoms with Crippen molar-refractivity contribution in [3.05, 3.63) is 56.0 Å². The van der Waals surface area contributed by atoms with Gasteiger partial charge in [0, 0.05) is 38.9 Å². The van der Waals surface area contributed by atoms with Gasteiger partial charge < -0.3 is 15.7 Å². The van der Waals surface area contributed by atoms with Crippen LogP contribution in [0.25, 0.3) is 0 Å². The van der Waals surface area contributed by atoms with Crippen molar-refractivity contribution in [2.24, 2.45) is 11.8 Å². The number of carbonyl (C=O) groups excluding carboxylic acids is 3. The Morgan fingerprint density at radius 3 is 2.33 bits per heavy atom. The largest absolute Gasteiger partial charge is 0.389 e. The Hall–Kier alpha value is -2.11. The van der Waals surface area contributed by atoms with Crippen molar-refractivity contribution in [2.75, 3.05) is 17.2 Å². The zero-order valence-corrected chi connectivity index (χ0v) is 21.6. The number of fused-ring (bicyclic) bond motifs is 4. The Balaban J connectivity index is 1.70. The molecule has 2 saturated heterocycles. The predicted molar refractivity (Wildman–Crippen MR) is 135 cm³/mol. The smallest absolute Gasteiger partial charge is 0.250 e. The molecule has 0 saturated carbocycles. The highest BCUT2D eigenvalue weighted by Gasteiger charge is 2.73. The second-order valence-corrected chi connectivity index (χ2v) is 11.3. The number of halogens is 4. The first-order valence-electron chi connectivity index (χ1n) is 10.9. The molecule has 0 bridgehead atoms. The summed E-state index contributed by atoms with van der Waals surface area (Å²) in [6.07, 6.45) is 0.0786.